The van der Waals surface area contributed by atoms with E-state index in [1.165, 1.54) is 17.4 Å². The van der Waals surface area contributed by atoms with Crippen LogP contribution < -0.4 is 11.1 Å². The summed E-state index contributed by atoms with van der Waals surface area (Å²) < 4.78 is 0. The van der Waals surface area contributed by atoms with Gasteiger partial charge in [0.2, 0.25) is 11.8 Å². The van der Waals surface area contributed by atoms with Crippen molar-refractivity contribution in [2.75, 3.05) is 0 Å². The molecule has 108 valence electrons. The molecule has 1 atom stereocenters. The second-order valence-corrected chi connectivity index (χ2v) is 5.15. The number of amides is 2. The third-order valence-corrected chi connectivity index (χ3v) is 3.57. The number of thiophene rings is 1. The monoisotopic (exact) mass is 296 g/mol. The van der Waals surface area contributed by atoms with Gasteiger partial charge in [0, 0.05) is 17.4 Å². The molecule has 0 bridgehead atoms. The first-order valence-corrected chi connectivity index (χ1v) is 6.82. The van der Waals surface area contributed by atoms with Crippen molar-refractivity contribution in [1.29, 1.82) is 0 Å². The molecule has 2 amide bonds. The molecule has 0 radical (unpaired) electrons. The molecule has 7 heteroatoms. The number of hydrogen-bond donors (Lipinski definition) is 3. The first-order valence-electron chi connectivity index (χ1n) is 5.94. The van der Waals surface area contributed by atoms with Gasteiger partial charge in [-0.1, -0.05) is 0 Å². The zero-order valence-corrected chi connectivity index (χ0v) is 11.8. The molecule has 4 N–H and O–H groups in total. The summed E-state index contributed by atoms with van der Waals surface area (Å²) in [5.74, 6) is -2.31. The number of rotatable bonds is 7. The van der Waals surface area contributed by atoms with Crippen molar-refractivity contribution in [3.63, 3.8) is 0 Å². The van der Waals surface area contributed by atoms with Gasteiger partial charge in [0.05, 0.1) is 0 Å². The average Bonchev–Trinajstić information content (AvgIpc) is 2.77. The summed E-state index contributed by atoms with van der Waals surface area (Å²) in [6.45, 7) is 1.92. The molecule has 0 aliphatic carbocycles. The summed E-state index contributed by atoms with van der Waals surface area (Å²) in [6.07, 6.45) is 2.79. The van der Waals surface area contributed by atoms with Gasteiger partial charge in [-0.3, -0.25) is 9.59 Å². The van der Waals surface area contributed by atoms with Gasteiger partial charge < -0.3 is 16.2 Å². The number of primary amides is 1. The Morgan fingerprint density at radius 2 is 2.20 bits per heavy atom. The highest BCUT2D eigenvalue weighted by atomic mass is 32.1. The van der Waals surface area contributed by atoms with E-state index >= 15 is 0 Å². The van der Waals surface area contributed by atoms with Crippen LogP contribution in [0.1, 0.15) is 23.3 Å². The Morgan fingerprint density at radius 3 is 2.70 bits per heavy atom. The molecule has 0 aromatic carbocycles. The topological polar surface area (TPSA) is 109 Å². The zero-order chi connectivity index (χ0) is 15.1. The molecule has 0 aliphatic rings. The van der Waals surface area contributed by atoms with E-state index in [0.717, 1.165) is 10.4 Å². The van der Waals surface area contributed by atoms with Crippen molar-refractivity contribution in [2.45, 2.75) is 25.8 Å². The summed E-state index contributed by atoms with van der Waals surface area (Å²) >= 11 is 1.49. The summed E-state index contributed by atoms with van der Waals surface area (Å²) in [5.41, 5.74) is 6.00. The lowest BCUT2D eigenvalue weighted by Crippen LogP contribution is -2.40. The predicted molar refractivity (Wildman–Crippen MR) is 76.1 cm³/mol. The number of nitrogens with two attached hydrogens (primary N) is 1. The Kier molecular flexibility index (Phi) is 5.92. The van der Waals surface area contributed by atoms with E-state index in [9.17, 15) is 14.4 Å². The molecular weight excluding hydrogens is 280 g/mol. The van der Waals surface area contributed by atoms with Crippen molar-refractivity contribution in [2.24, 2.45) is 5.73 Å². The fraction of sp³-hybridized carbons (Fsp3) is 0.308. The van der Waals surface area contributed by atoms with E-state index in [2.05, 4.69) is 5.32 Å². The summed E-state index contributed by atoms with van der Waals surface area (Å²) in [6, 6.07) is 0.805. The molecule has 20 heavy (non-hydrogen) atoms. The van der Waals surface area contributed by atoms with E-state index < -0.39 is 23.8 Å². The number of nitrogens with one attached hydrogen (secondary N) is 1. The van der Waals surface area contributed by atoms with E-state index in [0.29, 0.717) is 0 Å². The van der Waals surface area contributed by atoms with Gasteiger partial charge in [-0.05, 0) is 36.4 Å². The third kappa shape index (κ3) is 5.23. The van der Waals surface area contributed by atoms with Gasteiger partial charge in [0.25, 0.3) is 0 Å². The van der Waals surface area contributed by atoms with E-state index in [-0.39, 0.29) is 12.8 Å². The average molecular weight is 296 g/mol. The highest BCUT2D eigenvalue weighted by Gasteiger charge is 2.19. The number of carbonyl (C=O) groups excluding carboxylic acids is 2. The summed E-state index contributed by atoms with van der Waals surface area (Å²) in [7, 11) is 0. The predicted octanol–water partition coefficient (Wildman–Crippen LogP) is 0.905. The number of aryl methyl sites for hydroxylation is 1. The minimum Gasteiger partial charge on any atom is -0.480 e. The standard InChI is InChI=1S/C13H16N2O4S/c1-8-6-7-20-10(8)3-5-12(17)15-9(13(18)19)2-4-11(14)16/h3,5-7,9H,2,4H2,1H3,(H2,14,16)(H,15,17)(H,18,19)/b5-3+/t9-/m1/s1. The molecule has 1 aromatic rings. The van der Waals surface area contributed by atoms with Crippen LogP contribution in [-0.4, -0.2) is 28.9 Å². The van der Waals surface area contributed by atoms with Crippen LogP contribution in [0.25, 0.3) is 6.08 Å². The van der Waals surface area contributed by atoms with Crippen molar-refractivity contribution in [1.82, 2.24) is 5.32 Å². The second-order valence-electron chi connectivity index (χ2n) is 4.21. The lowest BCUT2D eigenvalue weighted by atomic mass is 10.1. The molecule has 1 heterocycles. The number of carboxylic acids is 1. The van der Waals surface area contributed by atoms with Crippen LogP contribution in [0.15, 0.2) is 17.5 Å². The van der Waals surface area contributed by atoms with Gasteiger partial charge in [0.15, 0.2) is 0 Å². The van der Waals surface area contributed by atoms with Crippen molar-refractivity contribution >= 4 is 35.2 Å². The van der Waals surface area contributed by atoms with Crippen LogP contribution in [0, 0.1) is 6.92 Å². The highest BCUT2D eigenvalue weighted by molar-refractivity contribution is 7.11. The third-order valence-electron chi connectivity index (χ3n) is 2.58. The van der Waals surface area contributed by atoms with Crippen LogP contribution in [0.5, 0.6) is 0 Å². The Bertz CT molecular complexity index is 536. The van der Waals surface area contributed by atoms with Crippen molar-refractivity contribution in [3.8, 4) is 0 Å². The second kappa shape index (κ2) is 7.44. The van der Waals surface area contributed by atoms with Crippen LogP contribution in [-0.2, 0) is 14.4 Å². The Labute approximate surface area is 120 Å². The van der Waals surface area contributed by atoms with Gasteiger partial charge in [-0.15, -0.1) is 11.3 Å². The highest BCUT2D eigenvalue weighted by Crippen LogP contribution is 2.16. The van der Waals surface area contributed by atoms with Crippen LogP contribution >= 0.6 is 11.3 Å². The Balaban J connectivity index is 2.58. The number of hydrogen-bond acceptors (Lipinski definition) is 4. The summed E-state index contributed by atoms with van der Waals surface area (Å²) in [5, 5.41) is 13.2. The smallest absolute Gasteiger partial charge is 0.326 e. The van der Waals surface area contributed by atoms with Crippen LogP contribution in [0.3, 0.4) is 0 Å². The lowest BCUT2D eigenvalue weighted by Gasteiger charge is -2.11. The van der Waals surface area contributed by atoms with Crippen molar-refractivity contribution in [3.05, 3.63) is 28.0 Å². The van der Waals surface area contributed by atoms with Crippen molar-refractivity contribution < 1.29 is 19.5 Å². The van der Waals surface area contributed by atoms with Gasteiger partial charge in [-0.25, -0.2) is 4.79 Å². The van der Waals surface area contributed by atoms with E-state index in [4.69, 9.17) is 10.8 Å². The number of aliphatic carboxylic acids is 1. The van der Waals surface area contributed by atoms with E-state index in [1.54, 1.807) is 6.08 Å². The SMILES string of the molecule is Cc1ccsc1/C=C/C(=O)N[C@H](CCC(N)=O)C(=O)O. The molecule has 0 saturated carbocycles. The molecule has 0 saturated heterocycles. The molecule has 0 aliphatic heterocycles. The quantitative estimate of drug-likeness (QED) is 0.649. The molecule has 1 aromatic heterocycles. The Hall–Kier alpha value is -2.15. The first-order chi connectivity index (χ1) is 9.40. The molecular formula is C13H16N2O4S. The maximum atomic E-state index is 11.6. The lowest BCUT2D eigenvalue weighted by molar-refractivity contribution is -0.141. The van der Waals surface area contributed by atoms with E-state index in [1.807, 2.05) is 18.4 Å². The molecule has 0 unspecified atom stereocenters. The largest absolute Gasteiger partial charge is 0.480 e. The van der Waals surface area contributed by atoms with Gasteiger partial charge >= 0.3 is 5.97 Å². The molecule has 6 nitrogen and oxygen atoms in total. The Morgan fingerprint density at radius 1 is 1.50 bits per heavy atom. The molecule has 0 spiro atoms. The fourth-order valence-electron chi connectivity index (χ4n) is 1.47. The molecule has 1 rings (SSSR count). The maximum Gasteiger partial charge on any atom is 0.326 e. The van der Waals surface area contributed by atoms with Gasteiger partial charge in [-0.2, -0.15) is 0 Å². The number of carboxylic acid groups (broad SMARTS) is 1. The molecule has 0 fully saturated rings. The number of carbonyl (C=O) groups is 3. The van der Waals surface area contributed by atoms with Gasteiger partial charge in [0.1, 0.15) is 6.04 Å². The minimum atomic E-state index is -1.19. The van der Waals surface area contributed by atoms with Crippen LogP contribution in [0.2, 0.25) is 0 Å². The van der Waals surface area contributed by atoms with Crippen LogP contribution in [0.4, 0.5) is 0 Å². The first kappa shape index (κ1) is 15.9. The summed E-state index contributed by atoms with van der Waals surface area (Å²) in [4.78, 5) is 34.2. The fourth-order valence-corrected chi connectivity index (χ4v) is 2.29. The minimum absolute atomic E-state index is 0.0255. The zero-order valence-electron chi connectivity index (χ0n) is 11.0. The maximum absolute atomic E-state index is 11.6. The normalized spacial score (nSPS) is 12.2.